The van der Waals surface area contributed by atoms with Gasteiger partial charge in [-0.25, -0.2) is 4.39 Å². The lowest BCUT2D eigenvalue weighted by molar-refractivity contribution is -0.907. The third-order valence-electron chi connectivity index (χ3n) is 4.20. The summed E-state index contributed by atoms with van der Waals surface area (Å²) in [5.74, 6) is 0.872. The number of carbonyl (C=O) groups excluding carboxylic acids is 1. The van der Waals surface area contributed by atoms with Crippen molar-refractivity contribution in [3.63, 3.8) is 0 Å². The van der Waals surface area contributed by atoms with Crippen LogP contribution < -0.4 is 19.7 Å². The van der Waals surface area contributed by atoms with Crippen LogP contribution in [0.1, 0.15) is 12.5 Å². The zero-order valence-electron chi connectivity index (χ0n) is 14.9. The Balaban J connectivity index is 2.05. The van der Waals surface area contributed by atoms with Crippen LogP contribution in [0.25, 0.3) is 0 Å². The fourth-order valence-corrected chi connectivity index (χ4v) is 2.55. The number of ether oxygens (including phenoxy) is 2. The first kappa shape index (κ1) is 18.7. The maximum Gasteiger partial charge on any atom is 0.282 e. The number of hydrogen-bond acceptors (Lipinski definition) is 3. The van der Waals surface area contributed by atoms with E-state index in [-0.39, 0.29) is 17.8 Å². The molecule has 0 radical (unpaired) electrons. The molecule has 0 saturated heterocycles. The second kappa shape index (κ2) is 8.48. The Kier molecular flexibility index (Phi) is 6.36. The van der Waals surface area contributed by atoms with E-state index in [1.54, 1.807) is 26.4 Å². The van der Waals surface area contributed by atoms with Gasteiger partial charge >= 0.3 is 0 Å². The Morgan fingerprint density at radius 2 is 1.84 bits per heavy atom. The quantitative estimate of drug-likeness (QED) is 0.804. The first-order chi connectivity index (χ1) is 12.0. The van der Waals surface area contributed by atoms with E-state index in [0.29, 0.717) is 23.7 Å². The van der Waals surface area contributed by atoms with Crippen molar-refractivity contribution in [2.24, 2.45) is 0 Å². The van der Waals surface area contributed by atoms with Crippen molar-refractivity contribution in [3.8, 4) is 11.5 Å². The normalized spacial score (nSPS) is 13.0. The number of halogens is 1. The van der Waals surface area contributed by atoms with Gasteiger partial charge in [0.1, 0.15) is 12.4 Å². The average molecular weight is 347 g/mol. The Morgan fingerprint density at radius 3 is 2.44 bits per heavy atom. The molecule has 2 atom stereocenters. The molecule has 6 heteroatoms. The van der Waals surface area contributed by atoms with E-state index in [1.807, 2.05) is 32.2 Å². The van der Waals surface area contributed by atoms with Crippen molar-refractivity contribution < 1.29 is 23.6 Å². The van der Waals surface area contributed by atoms with Crippen LogP contribution in [0.5, 0.6) is 11.5 Å². The minimum Gasteiger partial charge on any atom is -0.493 e. The van der Waals surface area contributed by atoms with Crippen LogP contribution >= 0.6 is 0 Å². The zero-order valence-corrected chi connectivity index (χ0v) is 14.9. The van der Waals surface area contributed by atoms with Crippen LogP contribution in [0.2, 0.25) is 0 Å². The summed E-state index contributed by atoms with van der Waals surface area (Å²) in [6, 6.07) is 11.1. The molecule has 1 amide bonds. The molecule has 0 aliphatic heterocycles. The predicted molar refractivity (Wildman–Crippen MR) is 94.6 cm³/mol. The van der Waals surface area contributed by atoms with Crippen molar-refractivity contribution in [2.45, 2.75) is 19.5 Å². The molecule has 2 aromatic carbocycles. The summed E-state index contributed by atoms with van der Waals surface area (Å²) in [5.41, 5.74) is 1.53. The van der Waals surface area contributed by atoms with Crippen LogP contribution in [-0.2, 0) is 11.3 Å². The SMILES string of the molecule is COc1cccc(C[NH+](C)[C@H](C)C(=O)Nc2ccc(F)cc2)c1OC. The van der Waals surface area contributed by atoms with Gasteiger partial charge in [-0.1, -0.05) is 6.07 Å². The number of quaternary nitrogens is 1. The smallest absolute Gasteiger partial charge is 0.282 e. The Bertz CT molecular complexity index is 719. The molecule has 0 saturated carbocycles. The summed E-state index contributed by atoms with van der Waals surface area (Å²) >= 11 is 0. The van der Waals surface area contributed by atoms with Gasteiger partial charge in [-0.15, -0.1) is 0 Å². The molecule has 134 valence electrons. The van der Waals surface area contributed by atoms with Crippen LogP contribution in [0.15, 0.2) is 42.5 Å². The Hall–Kier alpha value is -2.60. The second-order valence-corrected chi connectivity index (χ2v) is 5.89. The Labute approximate surface area is 147 Å². The van der Waals surface area contributed by atoms with Crippen LogP contribution in [-0.4, -0.2) is 33.2 Å². The maximum atomic E-state index is 12.9. The number of carbonyl (C=O) groups is 1. The van der Waals surface area contributed by atoms with E-state index in [4.69, 9.17) is 9.47 Å². The number of hydrogen-bond donors (Lipinski definition) is 2. The summed E-state index contributed by atoms with van der Waals surface area (Å²) in [5, 5.41) is 2.80. The molecule has 2 N–H and O–H groups in total. The summed E-state index contributed by atoms with van der Waals surface area (Å²) in [6.45, 7) is 2.44. The van der Waals surface area contributed by atoms with E-state index in [1.165, 1.54) is 12.1 Å². The fraction of sp³-hybridized carbons (Fsp3) is 0.316. The molecule has 0 fully saturated rings. The molecule has 5 nitrogen and oxygen atoms in total. The molecule has 0 aromatic heterocycles. The fourth-order valence-electron chi connectivity index (χ4n) is 2.55. The molecule has 0 heterocycles. The molecular weight excluding hydrogens is 323 g/mol. The molecule has 0 aliphatic rings. The molecule has 2 aromatic rings. The first-order valence-electron chi connectivity index (χ1n) is 8.05. The van der Waals surface area contributed by atoms with E-state index in [0.717, 1.165) is 10.5 Å². The number of benzene rings is 2. The minimum atomic E-state index is -0.334. The minimum absolute atomic E-state index is 0.133. The number of anilines is 1. The zero-order chi connectivity index (χ0) is 18.4. The summed E-state index contributed by atoms with van der Waals surface area (Å²) in [7, 11) is 5.13. The third-order valence-corrected chi connectivity index (χ3v) is 4.20. The van der Waals surface area contributed by atoms with E-state index in [2.05, 4.69) is 5.32 Å². The highest BCUT2D eigenvalue weighted by atomic mass is 19.1. The number of methoxy groups -OCH3 is 2. The van der Waals surface area contributed by atoms with Gasteiger partial charge in [0.25, 0.3) is 5.91 Å². The first-order valence-corrected chi connectivity index (χ1v) is 8.05. The van der Waals surface area contributed by atoms with Crippen molar-refractivity contribution in [1.29, 1.82) is 0 Å². The van der Waals surface area contributed by atoms with Crippen molar-refractivity contribution in [3.05, 3.63) is 53.8 Å². The molecule has 25 heavy (non-hydrogen) atoms. The monoisotopic (exact) mass is 347 g/mol. The lowest BCUT2D eigenvalue weighted by Crippen LogP contribution is -3.12. The van der Waals surface area contributed by atoms with E-state index < -0.39 is 0 Å². The predicted octanol–water partition coefficient (Wildman–Crippen LogP) is 1.88. The molecular formula is C19H24FN2O3+. The van der Waals surface area contributed by atoms with Crippen molar-refractivity contribution in [1.82, 2.24) is 0 Å². The number of para-hydroxylation sites is 1. The summed E-state index contributed by atoms with van der Waals surface area (Å²) < 4.78 is 23.7. The van der Waals surface area contributed by atoms with E-state index in [9.17, 15) is 9.18 Å². The van der Waals surface area contributed by atoms with Gasteiger partial charge in [0.15, 0.2) is 17.5 Å². The highest BCUT2D eigenvalue weighted by molar-refractivity contribution is 5.93. The molecule has 2 rings (SSSR count). The van der Waals surface area contributed by atoms with E-state index >= 15 is 0 Å². The van der Waals surface area contributed by atoms with Gasteiger partial charge in [-0.05, 0) is 43.3 Å². The number of rotatable bonds is 7. The van der Waals surface area contributed by atoms with Gasteiger partial charge in [-0.2, -0.15) is 0 Å². The molecule has 1 unspecified atom stereocenters. The number of nitrogens with one attached hydrogen (secondary N) is 2. The van der Waals surface area contributed by atoms with Crippen molar-refractivity contribution >= 4 is 11.6 Å². The van der Waals surface area contributed by atoms with Crippen LogP contribution in [0, 0.1) is 5.82 Å². The van der Waals surface area contributed by atoms with Gasteiger partial charge in [0, 0.05) is 5.69 Å². The number of amides is 1. The second-order valence-electron chi connectivity index (χ2n) is 5.89. The lowest BCUT2D eigenvalue weighted by Gasteiger charge is -2.22. The molecule has 0 aliphatic carbocycles. The Morgan fingerprint density at radius 1 is 1.16 bits per heavy atom. The molecule has 0 bridgehead atoms. The third kappa shape index (κ3) is 4.70. The van der Waals surface area contributed by atoms with Gasteiger partial charge < -0.3 is 19.7 Å². The largest absolute Gasteiger partial charge is 0.493 e. The van der Waals surface area contributed by atoms with Crippen LogP contribution in [0.3, 0.4) is 0 Å². The summed E-state index contributed by atoms with van der Waals surface area (Å²) in [4.78, 5) is 13.4. The van der Waals surface area contributed by atoms with Crippen molar-refractivity contribution in [2.75, 3.05) is 26.6 Å². The van der Waals surface area contributed by atoms with Gasteiger partial charge in [0.05, 0.1) is 26.8 Å². The average Bonchev–Trinajstić information content (AvgIpc) is 2.62. The lowest BCUT2D eigenvalue weighted by atomic mass is 10.1. The number of likely N-dealkylation sites (N-methyl/N-ethyl adjacent to an activating group) is 1. The highest BCUT2D eigenvalue weighted by Gasteiger charge is 2.24. The summed E-state index contributed by atoms with van der Waals surface area (Å²) in [6.07, 6.45) is 0. The van der Waals surface area contributed by atoms with Gasteiger partial charge in [0.2, 0.25) is 0 Å². The molecule has 0 spiro atoms. The standard InChI is InChI=1S/C19H23FN2O3/c1-13(19(23)21-16-10-8-15(20)9-11-16)22(2)12-14-6-5-7-17(24-3)18(14)25-4/h5-11,13H,12H2,1-4H3,(H,21,23)/p+1/t13-/m1/s1. The maximum absolute atomic E-state index is 12.9. The highest BCUT2D eigenvalue weighted by Crippen LogP contribution is 2.30. The van der Waals surface area contributed by atoms with Gasteiger partial charge in [-0.3, -0.25) is 4.79 Å². The topological polar surface area (TPSA) is 52.0 Å². The van der Waals surface area contributed by atoms with Crippen LogP contribution in [0.4, 0.5) is 10.1 Å².